The van der Waals surface area contributed by atoms with Gasteiger partial charge in [0.1, 0.15) is 49.4 Å². The van der Waals surface area contributed by atoms with Gasteiger partial charge in [0.2, 0.25) is 29.5 Å². The number of hydrogen-bond donors (Lipinski definition) is 9. The molecular formula is C61H91N10O10+. The topological polar surface area (TPSA) is 281 Å². The van der Waals surface area contributed by atoms with Gasteiger partial charge in [-0.05, 0) is 86.5 Å². The molecule has 3 aromatic carbocycles. The first-order chi connectivity index (χ1) is 38.4. The van der Waals surface area contributed by atoms with Crippen molar-refractivity contribution >= 4 is 52.9 Å². The molecule has 0 saturated carbocycles. The Morgan fingerprint density at radius 1 is 0.605 bits per heavy atom. The number of hydrogen-bond acceptors (Lipinski definition) is 11. The molecule has 10 N–H and O–H groups in total. The molecule has 0 aromatic heterocycles. The monoisotopic (exact) mass is 1120 g/mol. The minimum Gasteiger partial charge on any atom is -0.370 e. The number of nitrogens with one attached hydrogen (secondary N) is 8. The summed E-state index contributed by atoms with van der Waals surface area (Å²) in [6, 6.07) is 20.0. The van der Waals surface area contributed by atoms with E-state index in [0.29, 0.717) is 62.3 Å². The van der Waals surface area contributed by atoms with Crippen LogP contribution < -0.4 is 48.3 Å². The Morgan fingerprint density at radius 3 is 1.70 bits per heavy atom. The van der Waals surface area contributed by atoms with Crippen LogP contribution in [0.4, 0.5) is 10.5 Å². The Hall–Kier alpha value is -6.74. The molecule has 2 aliphatic rings. The van der Waals surface area contributed by atoms with Crippen LogP contribution in [0.5, 0.6) is 0 Å². The van der Waals surface area contributed by atoms with E-state index in [-0.39, 0.29) is 86.8 Å². The SMILES string of the molecule is CC(C)C[C@H](NC(=O)[C@H](CCc1ccccc1)NC(=O)C[N+]1(Cc2ccc(NC(=O)[C@H](CCCNC(N)=O)NC(=O)[C@@H](NC(C)C)C(C)C)cc2)CCOCC1)C(=O)N[C@@H](Cc1ccccc1)C(=O)N[C@@H](CC(C)C)C(=O)[C@@]1(C)CO1. The summed E-state index contributed by atoms with van der Waals surface area (Å²) in [4.78, 5) is 110. The molecule has 8 amide bonds. The lowest BCUT2D eigenvalue weighted by atomic mass is 9.93. The average Bonchev–Trinajstić information content (AvgIpc) is 4.18. The minimum absolute atomic E-state index is 0.0176. The first-order valence-corrected chi connectivity index (χ1v) is 28.8. The van der Waals surface area contributed by atoms with E-state index >= 15 is 0 Å². The van der Waals surface area contributed by atoms with Gasteiger partial charge in [-0.25, -0.2) is 4.79 Å². The van der Waals surface area contributed by atoms with E-state index in [1.165, 1.54) is 0 Å². The van der Waals surface area contributed by atoms with Gasteiger partial charge in [0.05, 0.1) is 31.9 Å². The molecule has 5 rings (SSSR count). The van der Waals surface area contributed by atoms with Crippen molar-refractivity contribution in [3.8, 4) is 0 Å². The van der Waals surface area contributed by atoms with Crippen LogP contribution in [0.25, 0.3) is 0 Å². The number of nitrogens with two attached hydrogens (primary N) is 1. The number of carbonyl (C=O) groups is 8. The molecule has 0 spiro atoms. The van der Waals surface area contributed by atoms with Gasteiger partial charge in [-0.2, -0.15) is 0 Å². The number of morpholine rings is 1. The third-order valence-electron chi connectivity index (χ3n) is 14.6. The molecule has 2 heterocycles. The van der Waals surface area contributed by atoms with E-state index in [0.717, 1.165) is 16.7 Å². The fourth-order valence-corrected chi connectivity index (χ4v) is 10.1. The van der Waals surface area contributed by atoms with Gasteiger partial charge in [-0.15, -0.1) is 0 Å². The molecule has 2 fully saturated rings. The molecule has 0 bridgehead atoms. The van der Waals surface area contributed by atoms with E-state index in [9.17, 15) is 38.4 Å². The summed E-state index contributed by atoms with van der Waals surface area (Å²) in [6.45, 7) is 20.0. The lowest BCUT2D eigenvalue weighted by Crippen LogP contribution is -2.61. The van der Waals surface area contributed by atoms with Crippen molar-refractivity contribution in [2.45, 2.75) is 162 Å². The number of carbonyl (C=O) groups excluding carboxylic acids is 8. The Balaban J connectivity index is 1.32. The Kier molecular flexibility index (Phi) is 25.3. The van der Waals surface area contributed by atoms with Gasteiger partial charge in [0, 0.05) is 30.3 Å². The molecule has 2 saturated heterocycles. The lowest BCUT2D eigenvalue weighted by Gasteiger charge is -2.41. The van der Waals surface area contributed by atoms with E-state index < -0.39 is 71.5 Å². The van der Waals surface area contributed by atoms with Gasteiger partial charge in [-0.1, -0.05) is 128 Å². The number of Topliss-reactive ketones (excluding diaryl/α,β-unsaturated/α-hetero) is 1. The van der Waals surface area contributed by atoms with Crippen molar-refractivity contribution in [1.82, 2.24) is 37.2 Å². The highest BCUT2D eigenvalue weighted by molar-refractivity contribution is 5.99. The normalized spacial score (nSPS) is 17.9. The predicted octanol–water partition coefficient (Wildman–Crippen LogP) is 4.19. The number of rotatable bonds is 33. The fourth-order valence-electron chi connectivity index (χ4n) is 10.1. The van der Waals surface area contributed by atoms with Crippen LogP contribution in [-0.4, -0.2) is 146 Å². The van der Waals surface area contributed by atoms with Gasteiger partial charge in [0.15, 0.2) is 12.3 Å². The van der Waals surface area contributed by atoms with Crippen molar-refractivity contribution < 1.29 is 52.3 Å². The number of amides is 8. The summed E-state index contributed by atoms with van der Waals surface area (Å²) < 4.78 is 11.6. The standard InChI is InChI=1S/C61H90N10O10/c1-39(2)33-49(54(73)61(9)38-81-61)68-58(77)51(35-44-19-14-11-15-20-44)70-57(76)50(34-40(3)4)69-56(75)48(27-24-43-17-12-10-13-18-43)66-52(72)37-71(29-31-80-32-30-71)36-45-22-25-46(26-23-45)65-55(74)47(21-16-28-63-60(62)79)67-59(78)53(41(5)6)64-42(7)8/h10-15,17-20,22-23,25-26,39-42,47-51,53,64H,16,21,24,27-38H2,1-9H3,(H8-,62,63,65,66,67,68,69,70,72,74,75,76,77,78,79)/p+1/t47-,48-,49-,50-,51-,53-,61+/m0/s1. The van der Waals surface area contributed by atoms with Crippen LogP contribution in [0.2, 0.25) is 0 Å². The van der Waals surface area contributed by atoms with Crippen molar-refractivity contribution in [2.75, 3.05) is 51.3 Å². The number of ether oxygens (including phenoxy) is 2. The Labute approximate surface area is 478 Å². The number of epoxide rings is 1. The van der Waals surface area contributed by atoms with Crippen molar-refractivity contribution in [1.29, 1.82) is 0 Å². The number of quaternary nitrogens is 1. The van der Waals surface area contributed by atoms with Crippen LogP contribution in [-0.2, 0) is 62.4 Å². The number of urea groups is 1. The Bertz CT molecular complexity index is 2540. The van der Waals surface area contributed by atoms with E-state index in [1.807, 2.05) is 128 Å². The van der Waals surface area contributed by atoms with Gasteiger partial charge >= 0.3 is 6.03 Å². The van der Waals surface area contributed by atoms with Gasteiger partial charge in [-0.3, -0.25) is 33.6 Å². The zero-order chi connectivity index (χ0) is 59.3. The first kappa shape index (κ1) is 65.1. The van der Waals surface area contributed by atoms with Crippen LogP contribution in [0.15, 0.2) is 84.9 Å². The summed E-state index contributed by atoms with van der Waals surface area (Å²) >= 11 is 0. The summed E-state index contributed by atoms with van der Waals surface area (Å²) in [5, 5.41) is 23.5. The summed E-state index contributed by atoms with van der Waals surface area (Å²) in [7, 11) is 0. The maximum absolute atomic E-state index is 14.6. The van der Waals surface area contributed by atoms with Crippen LogP contribution in [0, 0.1) is 17.8 Å². The molecular weight excluding hydrogens is 1030 g/mol. The van der Waals surface area contributed by atoms with E-state index in [4.69, 9.17) is 15.2 Å². The number of benzene rings is 3. The third-order valence-corrected chi connectivity index (χ3v) is 14.6. The Morgan fingerprint density at radius 2 is 1.14 bits per heavy atom. The molecule has 81 heavy (non-hydrogen) atoms. The highest BCUT2D eigenvalue weighted by Gasteiger charge is 2.50. The highest BCUT2D eigenvalue weighted by atomic mass is 16.6. The molecule has 7 atom stereocenters. The van der Waals surface area contributed by atoms with E-state index in [2.05, 4.69) is 42.5 Å². The average molecular weight is 1120 g/mol. The second kappa shape index (κ2) is 31.5. The quantitative estimate of drug-likeness (QED) is 0.0237. The van der Waals surface area contributed by atoms with E-state index in [1.54, 1.807) is 19.1 Å². The molecule has 0 radical (unpaired) electrons. The predicted molar refractivity (Wildman–Crippen MR) is 311 cm³/mol. The number of primary amides is 1. The smallest absolute Gasteiger partial charge is 0.312 e. The second-order valence-corrected chi connectivity index (χ2v) is 23.6. The minimum atomic E-state index is -1.10. The molecule has 2 aliphatic heterocycles. The number of ketones is 1. The maximum Gasteiger partial charge on any atom is 0.312 e. The van der Waals surface area contributed by atoms with Crippen LogP contribution >= 0.6 is 0 Å². The molecule has 444 valence electrons. The number of nitrogens with zero attached hydrogens (tertiary/aromatic N) is 1. The lowest BCUT2D eigenvalue weighted by molar-refractivity contribution is -0.940. The number of aryl methyl sites for hydroxylation is 1. The molecule has 20 heteroatoms. The number of anilines is 1. The highest BCUT2D eigenvalue weighted by Crippen LogP contribution is 2.30. The molecule has 0 aliphatic carbocycles. The summed E-state index contributed by atoms with van der Waals surface area (Å²) in [6.07, 6.45) is 2.03. The van der Waals surface area contributed by atoms with Crippen molar-refractivity contribution in [3.05, 3.63) is 102 Å². The zero-order valence-electron chi connectivity index (χ0n) is 49.1. The molecule has 0 unspecified atom stereocenters. The van der Waals surface area contributed by atoms with Crippen LogP contribution in [0.3, 0.4) is 0 Å². The molecule has 20 nitrogen and oxygen atoms in total. The summed E-state index contributed by atoms with van der Waals surface area (Å²) in [5.41, 5.74) is 7.40. The van der Waals surface area contributed by atoms with Crippen molar-refractivity contribution in [2.24, 2.45) is 23.5 Å². The zero-order valence-corrected chi connectivity index (χ0v) is 49.1. The van der Waals surface area contributed by atoms with Crippen molar-refractivity contribution in [3.63, 3.8) is 0 Å². The van der Waals surface area contributed by atoms with Crippen LogP contribution in [0.1, 0.15) is 111 Å². The molecule has 3 aromatic rings. The fraction of sp³-hybridized carbons (Fsp3) is 0.574. The van der Waals surface area contributed by atoms with Gasteiger partial charge < -0.3 is 62.2 Å². The third kappa shape index (κ3) is 21.9. The largest absolute Gasteiger partial charge is 0.370 e. The van der Waals surface area contributed by atoms with Gasteiger partial charge in [0.25, 0.3) is 5.91 Å². The second-order valence-electron chi connectivity index (χ2n) is 23.6. The summed E-state index contributed by atoms with van der Waals surface area (Å²) in [5.74, 6) is -3.03. The maximum atomic E-state index is 14.6. The first-order valence-electron chi connectivity index (χ1n) is 28.8.